The first-order chi connectivity index (χ1) is 23.1. The van der Waals surface area contributed by atoms with Crippen LogP contribution in [0.5, 0.6) is 0 Å². The van der Waals surface area contributed by atoms with Crippen LogP contribution >= 0.6 is 0 Å². The van der Waals surface area contributed by atoms with Gasteiger partial charge >= 0.3 is 18.3 Å². The van der Waals surface area contributed by atoms with E-state index in [1.165, 1.54) is 29.2 Å². The fourth-order valence-electron chi connectivity index (χ4n) is 7.09. The van der Waals surface area contributed by atoms with Crippen LogP contribution in [-0.4, -0.2) is 52.1 Å². The number of methoxy groups -OCH3 is 1. The van der Waals surface area contributed by atoms with Gasteiger partial charge in [0.05, 0.1) is 23.9 Å². The van der Waals surface area contributed by atoms with Crippen molar-refractivity contribution in [1.29, 1.82) is 0 Å². The maximum atomic E-state index is 13.9. The monoisotopic (exact) mass is 682 g/mol. The van der Waals surface area contributed by atoms with E-state index in [0.29, 0.717) is 22.7 Å². The van der Waals surface area contributed by atoms with Gasteiger partial charge in [-0.15, -0.1) is 0 Å². The van der Waals surface area contributed by atoms with Gasteiger partial charge in [0.1, 0.15) is 17.0 Å². The maximum Gasteiger partial charge on any atom is 0.432 e. The Bertz CT molecular complexity index is 2340. The second-order valence-electron chi connectivity index (χ2n) is 12.1. The van der Waals surface area contributed by atoms with Gasteiger partial charge in [0.15, 0.2) is 5.76 Å². The van der Waals surface area contributed by atoms with Crippen LogP contribution in [0.15, 0.2) is 64.7 Å². The molecule has 2 atom stereocenters. The number of carbonyl (C=O) groups excluding carboxylic acids is 4. The average Bonchev–Trinajstić information content (AvgIpc) is 3.51. The summed E-state index contributed by atoms with van der Waals surface area (Å²) in [5.41, 5.74) is -3.76. The fraction of sp³-hybridized carbons (Fsp3) is 0.212. The Labute approximate surface area is 269 Å². The van der Waals surface area contributed by atoms with Gasteiger partial charge in [-0.1, -0.05) is 6.07 Å². The van der Waals surface area contributed by atoms with Gasteiger partial charge in [-0.25, -0.2) is 4.79 Å². The van der Waals surface area contributed by atoms with Gasteiger partial charge in [0.25, 0.3) is 11.8 Å². The Morgan fingerprint density at radius 2 is 1.76 bits per heavy atom. The van der Waals surface area contributed by atoms with Gasteiger partial charge in [0, 0.05) is 51.3 Å². The summed E-state index contributed by atoms with van der Waals surface area (Å²) in [6, 6.07) is 10.3. The molecule has 1 saturated heterocycles. The SMILES string of the molecule is COC(=O)c1c(C(F)(F)F)[nH]c2c1[C@@]13C[C@@H]1CN(C(=O)c1cc4cc(NC(=O)c5cc6ccc(C(F)(F)F)cc6o5)ccc4[nH]1)C3=CC2=O. The predicted molar refractivity (Wildman–Crippen MR) is 158 cm³/mol. The zero-order valence-electron chi connectivity index (χ0n) is 24.9. The highest BCUT2D eigenvalue weighted by Crippen LogP contribution is 2.68. The van der Waals surface area contributed by atoms with E-state index >= 15 is 0 Å². The molecule has 0 unspecified atom stereocenters. The number of hydrogen-bond acceptors (Lipinski definition) is 6. The van der Waals surface area contributed by atoms with E-state index in [4.69, 9.17) is 4.42 Å². The molecule has 2 fully saturated rings. The number of hydrogen-bond donors (Lipinski definition) is 3. The number of piperidine rings is 1. The van der Waals surface area contributed by atoms with E-state index in [9.17, 15) is 45.5 Å². The number of anilines is 1. The number of carbonyl (C=O) groups is 4. The number of ether oxygens (including phenoxy) is 1. The Balaban J connectivity index is 1.06. The summed E-state index contributed by atoms with van der Waals surface area (Å²) in [4.78, 5) is 58.9. The number of allylic oxidation sites excluding steroid dienone is 2. The predicted octanol–water partition coefficient (Wildman–Crippen LogP) is 6.81. The molecule has 1 spiro atoms. The lowest BCUT2D eigenvalue weighted by atomic mass is 9.82. The molecule has 16 heteroatoms. The number of esters is 1. The van der Waals surface area contributed by atoms with Crippen molar-refractivity contribution in [1.82, 2.24) is 14.9 Å². The lowest BCUT2D eigenvalue weighted by Gasteiger charge is -2.28. The van der Waals surface area contributed by atoms with Crippen molar-refractivity contribution in [3.05, 3.63) is 99.8 Å². The Morgan fingerprint density at radius 3 is 2.47 bits per heavy atom. The van der Waals surface area contributed by atoms with Crippen molar-refractivity contribution in [2.75, 3.05) is 19.0 Å². The minimum atomic E-state index is -4.98. The molecule has 2 aliphatic carbocycles. The molecule has 2 amide bonds. The third-order valence-electron chi connectivity index (χ3n) is 9.31. The molecule has 0 radical (unpaired) electrons. The van der Waals surface area contributed by atoms with Crippen molar-refractivity contribution in [3.8, 4) is 0 Å². The Morgan fingerprint density at radius 1 is 0.980 bits per heavy atom. The average molecular weight is 683 g/mol. The van der Waals surface area contributed by atoms with E-state index in [0.717, 1.165) is 25.3 Å². The molecule has 3 N–H and O–H groups in total. The van der Waals surface area contributed by atoms with Crippen LogP contribution in [0.2, 0.25) is 0 Å². The quantitative estimate of drug-likeness (QED) is 0.141. The number of nitrogens with one attached hydrogen (secondary N) is 3. The summed E-state index contributed by atoms with van der Waals surface area (Å²) in [7, 11) is 0.942. The first-order valence-corrected chi connectivity index (χ1v) is 14.7. The second kappa shape index (κ2) is 9.87. The van der Waals surface area contributed by atoms with E-state index in [1.807, 2.05) is 0 Å². The summed E-state index contributed by atoms with van der Waals surface area (Å²) in [6.45, 7) is 0.0865. The topological polar surface area (TPSA) is 138 Å². The molecular weight excluding hydrogens is 662 g/mol. The first kappa shape index (κ1) is 30.5. The van der Waals surface area contributed by atoms with Gasteiger partial charge in [0.2, 0.25) is 5.78 Å². The highest BCUT2D eigenvalue weighted by Gasteiger charge is 2.69. The van der Waals surface area contributed by atoms with Crippen molar-refractivity contribution < 1.29 is 54.7 Å². The number of halogens is 6. The summed E-state index contributed by atoms with van der Waals surface area (Å²) >= 11 is 0. The maximum absolute atomic E-state index is 13.9. The lowest BCUT2D eigenvalue weighted by molar-refractivity contribution is -0.141. The Kier molecular flexibility index (Phi) is 6.15. The molecule has 3 aromatic heterocycles. The van der Waals surface area contributed by atoms with E-state index < -0.39 is 58.2 Å². The van der Waals surface area contributed by atoms with Crippen LogP contribution in [0.4, 0.5) is 32.0 Å². The van der Waals surface area contributed by atoms with Crippen molar-refractivity contribution in [2.45, 2.75) is 24.2 Å². The second-order valence-corrected chi connectivity index (χ2v) is 12.1. The number of alkyl halides is 6. The van der Waals surface area contributed by atoms with Crippen LogP contribution in [0.1, 0.15) is 65.1 Å². The molecule has 250 valence electrons. The van der Waals surface area contributed by atoms with Crippen LogP contribution in [0.25, 0.3) is 21.9 Å². The van der Waals surface area contributed by atoms with Crippen LogP contribution < -0.4 is 5.32 Å². The molecule has 4 heterocycles. The number of ketones is 1. The molecule has 5 aromatic rings. The third-order valence-corrected chi connectivity index (χ3v) is 9.31. The largest absolute Gasteiger partial charge is 0.465 e. The van der Waals surface area contributed by atoms with Crippen molar-refractivity contribution in [2.24, 2.45) is 5.92 Å². The highest BCUT2D eigenvalue weighted by atomic mass is 19.4. The van der Waals surface area contributed by atoms with E-state index in [1.54, 1.807) is 12.1 Å². The number of nitrogens with zero attached hydrogens (tertiary/aromatic N) is 1. The normalized spacial score (nSPS) is 19.8. The summed E-state index contributed by atoms with van der Waals surface area (Å²) < 4.78 is 91.1. The van der Waals surface area contributed by atoms with Gasteiger partial charge in [-0.2, -0.15) is 26.3 Å². The number of benzene rings is 2. The van der Waals surface area contributed by atoms with E-state index in [2.05, 4.69) is 20.0 Å². The molecule has 0 bridgehead atoms. The van der Waals surface area contributed by atoms with Crippen LogP contribution in [0, 0.1) is 5.92 Å². The molecule has 1 aliphatic heterocycles. The lowest BCUT2D eigenvalue weighted by Crippen LogP contribution is -2.34. The van der Waals surface area contributed by atoms with Crippen LogP contribution in [-0.2, 0) is 22.5 Å². The summed E-state index contributed by atoms with van der Waals surface area (Å²) in [6.07, 6.45) is -8.11. The standard InChI is InChI=1S/C33H20F6N4O6/c1-48-30(47)24-25-26(42-27(24)33(37,38)39)20(44)10-23-31(25)11-16(31)12-43(23)29(46)19-7-14-6-17(4-5-18(14)41-19)40-28(45)22-8-13-2-3-15(32(34,35)36)9-21(13)49-22/h2-10,16,41-42H,11-12H2,1H3,(H,40,45)/t16-,31+/m1/s1. The van der Waals surface area contributed by atoms with Crippen molar-refractivity contribution >= 4 is 51.1 Å². The molecule has 2 aromatic carbocycles. The zero-order chi connectivity index (χ0) is 34.8. The van der Waals surface area contributed by atoms with Gasteiger partial charge in [-0.05, 0) is 54.8 Å². The smallest absolute Gasteiger partial charge is 0.432 e. The molecule has 49 heavy (non-hydrogen) atoms. The number of rotatable bonds is 4. The first-order valence-electron chi connectivity index (χ1n) is 14.7. The number of fused-ring (bicyclic) bond motifs is 3. The number of aromatic amines is 2. The summed E-state index contributed by atoms with van der Waals surface area (Å²) in [5, 5.41) is 3.40. The minimum absolute atomic E-state index is 0.0865. The number of likely N-dealkylation sites (tertiary alicyclic amines) is 1. The minimum Gasteiger partial charge on any atom is -0.465 e. The highest BCUT2D eigenvalue weighted by molar-refractivity contribution is 6.12. The van der Waals surface area contributed by atoms with Gasteiger partial charge < -0.3 is 29.3 Å². The van der Waals surface area contributed by atoms with Crippen molar-refractivity contribution in [3.63, 3.8) is 0 Å². The molecule has 3 aliphatic rings. The summed E-state index contributed by atoms with van der Waals surface area (Å²) in [5.74, 6) is -3.93. The number of H-pyrrole nitrogens is 2. The molecule has 8 rings (SSSR count). The molecular formula is C33H20F6N4O6. The van der Waals surface area contributed by atoms with Crippen LogP contribution in [0.3, 0.4) is 0 Å². The molecule has 10 nitrogen and oxygen atoms in total. The third kappa shape index (κ3) is 4.49. The number of amides is 2. The van der Waals surface area contributed by atoms with Gasteiger partial charge in [-0.3, -0.25) is 14.4 Å². The fourth-order valence-corrected chi connectivity index (χ4v) is 7.09. The Hall–Kier alpha value is -5.80. The molecule has 1 saturated carbocycles. The number of furan rings is 1. The number of aromatic nitrogens is 2. The zero-order valence-corrected chi connectivity index (χ0v) is 24.9. The van der Waals surface area contributed by atoms with E-state index in [-0.39, 0.29) is 52.1 Å².